The Morgan fingerprint density at radius 1 is 1.25 bits per heavy atom. The summed E-state index contributed by atoms with van der Waals surface area (Å²) in [6.07, 6.45) is 1.70. The summed E-state index contributed by atoms with van der Waals surface area (Å²) in [5.74, 6) is 0.0940. The first-order valence-electron chi connectivity index (χ1n) is 5.96. The first-order chi connectivity index (χ1) is 9.70. The maximum Gasteiger partial charge on any atom is 0.273 e. The number of nitro groups is 1. The number of imidazole rings is 1. The van der Waals surface area contributed by atoms with Crippen LogP contribution in [-0.2, 0) is 5.88 Å². The Bertz CT molecular complexity index is 798. The molecule has 0 aliphatic rings. The highest BCUT2D eigenvalue weighted by atomic mass is 35.5. The van der Waals surface area contributed by atoms with Gasteiger partial charge in [-0.15, -0.1) is 11.6 Å². The van der Waals surface area contributed by atoms with Crippen LogP contribution in [-0.4, -0.2) is 14.5 Å². The lowest BCUT2D eigenvalue weighted by molar-refractivity contribution is -0.385. The number of aromatic nitrogens is 2. The monoisotopic (exact) mass is 287 g/mol. The fraction of sp³-hybridized carbons (Fsp3) is 0.0714. The number of fused-ring (bicyclic) bond motifs is 1. The molecule has 0 atom stereocenters. The zero-order chi connectivity index (χ0) is 14.1. The van der Waals surface area contributed by atoms with E-state index in [2.05, 4.69) is 4.98 Å². The van der Waals surface area contributed by atoms with E-state index in [1.54, 1.807) is 18.5 Å². The lowest BCUT2D eigenvalue weighted by atomic mass is 10.1. The number of nitro benzene ring substituents is 1. The molecular weight excluding hydrogens is 278 g/mol. The Morgan fingerprint density at radius 3 is 2.80 bits per heavy atom. The van der Waals surface area contributed by atoms with Gasteiger partial charge in [0, 0.05) is 17.3 Å². The zero-order valence-corrected chi connectivity index (χ0v) is 11.1. The first-order valence-corrected chi connectivity index (χ1v) is 6.50. The van der Waals surface area contributed by atoms with Crippen LogP contribution < -0.4 is 0 Å². The van der Waals surface area contributed by atoms with Gasteiger partial charge in [0.1, 0.15) is 6.33 Å². The molecule has 6 heteroatoms. The van der Waals surface area contributed by atoms with Gasteiger partial charge >= 0.3 is 0 Å². The van der Waals surface area contributed by atoms with Crippen LogP contribution in [0.15, 0.2) is 48.8 Å². The number of benzene rings is 2. The SMILES string of the molecule is O=[N+]([O-])c1ccc(-n2cnc3ccccc32)cc1CCl. The molecule has 3 aromatic rings. The van der Waals surface area contributed by atoms with Gasteiger partial charge < -0.3 is 0 Å². The zero-order valence-electron chi connectivity index (χ0n) is 10.4. The molecule has 1 heterocycles. The Hall–Kier alpha value is -2.40. The number of para-hydroxylation sites is 2. The maximum absolute atomic E-state index is 10.9. The second-order valence-corrected chi connectivity index (χ2v) is 4.57. The summed E-state index contributed by atoms with van der Waals surface area (Å²) < 4.78 is 1.88. The number of nitrogens with zero attached hydrogens (tertiary/aromatic N) is 3. The van der Waals surface area contributed by atoms with Crippen LogP contribution in [0.4, 0.5) is 5.69 Å². The minimum absolute atomic E-state index is 0.0353. The number of hydrogen-bond donors (Lipinski definition) is 0. The van der Waals surface area contributed by atoms with E-state index in [-0.39, 0.29) is 11.6 Å². The topological polar surface area (TPSA) is 61.0 Å². The lowest BCUT2D eigenvalue weighted by Crippen LogP contribution is -1.97. The molecule has 0 radical (unpaired) electrons. The molecule has 0 saturated heterocycles. The van der Waals surface area contributed by atoms with Gasteiger partial charge in [-0.3, -0.25) is 14.7 Å². The molecule has 100 valence electrons. The molecule has 3 rings (SSSR count). The summed E-state index contributed by atoms with van der Waals surface area (Å²) in [5, 5.41) is 10.9. The second kappa shape index (κ2) is 4.94. The van der Waals surface area contributed by atoms with Crippen molar-refractivity contribution < 1.29 is 4.92 Å². The van der Waals surface area contributed by atoms with Gasteiger partial charge in [-0.25, -0.2) is 4.98 Å². The lowest BCUT2D eigenvalue weighted by Gasteiger charge is -2.06. The first kappa shape index (κ1) is 12.6. The van der Waals surface area contributed by atoms with Crippen LogP contribution >= 0.6 is 11.6 Å². The number of alkyl halides is 1. The van der Waals surface area contributed by atoms with Crippen molar-refractivity contribution in [3.63, 3.8) is 0 Å². The Kier molecular flexibility index (Phi) is 3.12. The minimum Gasteiger partial charge on any atom is -0.299 e. The number of rotatable bonds is 3. The van der Waals surface area contributed by atoms with Gasteiger partial charge in [0.15, 0.2) is 0 Å². The normalized spacial score (nSPS) is 10.8. The molecule has 20 heavy (non-hydrogen) atoms. The Labute approximate surface area is 119 Å². The average Bonchev–Trinajstić information content (AvgIpc) is 2.90. The van der Waals surface area contributed by atoms with Crippen molar-refractivity contribution in [2.45, 2.75) is 5.88 Å². The molecule has 0 bridgehead atoms. The number of halogens is 1. The quantitative estimate of drug-likeness (QED) is 0.419. The maximum atomic E-state index is 10.9. The van der Waals surface area contributed by atoms with E-state index < -0.39 is 4.92 Å². The van der Waals surface area contributed by atoms with Gasteiger partial charge in [-0.05, 0) is 24.3 Å². The van der Waals surface area contributed by atoms with Gasteiger partial charge in [0.2, 0.25) is 0 Å². The van der Waals surface area contributed by atoms with E-state index in [1.807, 2.05) is 28.8 Å². The van der Waals surface area contributed by atoms with Gasteiger partial charge in [0.05, 0.1) is 21.8 Å². The highest BCUT2D eigenvalue weighted by Gasteiger charge is 2.14. The molecule has 0 N–H and O–H groups in total. The van der Waals surface area contributed by atoms with Crippen LogP contribution in [0.5, 0.6) is 0 Å². The van der Waals surface area contributed by atoms with E-state index in [1.165, 1.54) is 6.07 Å². The second-order valence-electron chi connectivity index (χ2n) is 4.31. The fourth-order valence-corrected chi connectivity index (χ4v) is 2.39. The van der Waals surface area contributed by atoms with Crippen molar-refractivity contribution in [2.24, 2.45) is 0 Å². The summed E-state index contributed by atoms with van der Waals surface area (Å²) in [6.45, 7) is 0. The van der Waals surface area contributed by atoms with Crippen molar-refractivity contribution in [3.05, 3.63) is 64.5 Å². The standard InChI is InChI=1S/C14H10ClN3O2/c15-8-10-7-11(5-6-13(10)18(19)20)17-9-16-12-3-1-2-4-14(12)17/h1-7,9H,8H2. The molecule has 0 unspecified atom stereocenters. The van der Waals surface area contributed by atoms with Gasteiger partial charge in [0.25, 0.3) is 5.69 Å². The van der Waals surface area contributed by atoms with Crippen LogP contribution in [0, 0.1) is 10.1 Å². The van der Waals surface area contributed by atoms with Crippen molar-refractivity contribution in [3.8, 4) is 5.69 Å². The van der Waals surface area contributed by atoms with E-state index in [9.17, 15) is 10.1 Å². The van der Waals surface area contributed by atoms with Crippen LogP contribution in [0.1, 0.15) is 5.56 Å². The third-order valence-electron chi connectivity index (χ3n) is 3.14. The smallest absolute Gasteiger partial charge is 0.273 e. The Morgan fingerprint density at radius 2 is 2.05 bits per heavy atom. The van der Waals surface area contributed by atoms with Crippen LogP contribution in [0.3, 0.4) is 0 Å². The highest BCUT2D eigenvalue weighted by molar-refractivity contribution is 6.17. The fourth-order valence-electron chi connectivity index (χ4n) is 2.17. The number of hydrogen-bond acceptors (Lipinski definition) is 3. The predicted molar refractivity (Wildman–Crippen MR) is 77.3 cm³/mol. The van der Waals surface area contributed by atoms with Crippen LogP contribution in [0.25, 0.3) is 16.7 Å². The summed E-state index contributed by atoms with van der Waals surface area (Å²) in [5.41, 5.74) is 3.15. The average molecular weight is 288 g/mol. The van der Waals surface area contributed by atoms with Gasteiger partial charge in [-0.1, -0.05) is 12.1 Å². The van der Waals surface area contributed by atoms with E-state index >= 15 is 0 Å². The van der Waals surface area contributed by atoms with Crippen molar-refractivity contribution >= 4 is 28.3 Å². The van der Waals surface area contributed by atoms with Crippen molar-refractivity contribution in [1.29, 1.82) is 0 Å². The molecule has 0 amide bonds. The summed E-state index contributed by atoms with van der Waals surface area (Å²) in [6, 6.07) is 12.6. The molecule has 0 fully saturated rings. The van der Waals surface area contributed by atoms with E-state index in [0.717, 1.165) is 16.7 Å². The molecule has 2 aromatic carbocycles. The summed E-state index contributed by atoms with van der Waals surface area (Å²) >= 11 is 5.80. The molecule has 0 aliphatic carbocycles. The largest absolute Gasteiger partial charge is 0.299 e. The van der Waals surface area contributed by atoms with Crippen LogP contribution in [0.2, 0.25) is 0 Å². The third kappa shape index (κ3) is 2.02. The third-order valence-corrected chi connectivity index (χ3v) is 3.42. The van der Waals surface area contributed by atoms with E-state index in [0.29, 0.717) is 5.56 Å². The summed E-state index contributed by atoms with van der Waals surface area (Å²) in [4.78, 5) is 14.8. The molecular formula is C14H10ClN3O2. The van der Waals surface area contributed by atoms with Crippen molar-refractivity contribution in [2.75, 3.05) is 0 Å². The highest BCUT2D eigenvalue weighted by Crippen LogP contribution is 2.25. The van der Waals surface area contributed by atoms with Gasteiger partial charge in [-0.2, -0.15) is 0 Å². The van der Waals surface area contributed by atoms with E-state index in [4.69, 9.17) is 11.6 Å². The van der Waals surface area contributed by atoms with Crippen molar-refractivity contribution in [1.82, 2.24) is 9.55 Å². The molecule has 0 spiro atoms. The molecule has 0 aliphatic heterocycles. The predicted octanol–water partition coefficient (Wildman–Crippen LogP) is 3.67. The summed E-state index contributed by atoms with van der Waals surface area (Å²) in [7, 11) is 0. The molecule has 5 nitrogen and oxygen atoms in total. The Balaban J connectivity index is 2.17. The minimum atomic E-state index is -0.423. The molecule has 0 saturated carbocycles. The molecule has 1 aromatic heterocycles.